The Morgan fingerprint density at radius 2 is 2.21 bits per heavy atom. The molecule has 104 valence electrons. The molecule has 1 amide bonds. The minimum atomic E-state index is -1.45. The van der Waals surface area contributed by atoms with Crippen LogP contribution in [0.2, 0.25) is 19.6 Å². The fourth-order valence-corrected chi connectivity index (χ4v) is 2.52. The quantitative estimate of drug-likeness (QED) is 0.257. The van der Waals surface area contributed by atoms with Crippen molar-refractivity contribution in [1.29, 1.82) is 0 Å². The molecule has 2 unspecified atom stereocenters. The predicted molar refractivity (Wildman–Crippen MR) is 76.9 cm³/mol. The van der Waals surface area contributed by atoms with Crippen molar-refractivity contribution >= 4 is 20.0 Å². The molecule has 0 bridgehead atoms. The molecule has 2 atom stereocenters. The number of carbonyl (C=O) groups excluding carboxylic acids is 2. The van der Waals surface area contributed by atoms with Gasteiger partial charge in [-0.3, -0.25) is 9.59 Å². The van der Waals surface area contributed by atoms with E-state index in [2.05, 4.69) is 37.7 Å². The highest BCUT2D eigenvalue weighted by Crippen LogP contribution is 2.25. The van der Waals surface area contributed by atoms with Gasteiger partial charge in [-0.05, 0) is 0 Å². The predicted octanol–water partition coefficient (Wildman–Crippen LogP) is 1.30. The Morgan fingerprint density at radius 1 is 1.58 bits per heavy atom. The number of esters is 1. The first-order valence-corrected chi connectivity index (χ1v) is 9.80. The highest BCUT2D eigenvalue weighted by atomic mass is 28.3. The SMILES string of the molecule is C=CC1CN(C)C(=O)C1C(=O)OCC#C[Si](C)(C)C. The maximum Gasteiger partial charge on any atom is 0.320 e. The molecule has 1 heterocycles. The molecule has 0 spiro atoms. The fraction of sp³-hybridized carbons (Fsp3) is 0.571. The molecule has 1 aliphatic heterocycles. The second-order valence-electron chi connectivity index (χ2n) is 5.76. The minimum Gasteiger partial charge on any atom is -0.452 e. The van der Waals surface area contributed by atoms with Gasteiger partial charge in [-0.2, -0.15) is 0 Å². The molecule has 0 aromatic heterocycles. The smallest absolute Gasteiger partial charge is 0.320 e. The lowest BCUT2D eigenvalue weighted by Crippen LogP contribution is -2.30. The molecule has 0 aromatic rings. The molecule has 1 rings (SSSR count). The van der Waals surface area contributed by atoms with Crippen molar-refractivity contribution in [1.82, 2.24) is 4.90 Å². The summed E-state index contributed by atoms with van der Waals surface area (Å²) in [6, 6.07) is 0. The number of ether oxygens (including phenoxy) is 1. The van der Waals surface area contributed by atoms with Crippen LogP contribution in [0.15, 0.2) is 12.7 Å². The highest BCUT2D eigenvalue weighted by Gasteiger charge is 2.42. The average molecular weight is 279 g/mol. The van der Waals surface area contributed by atoms with Gasteiger partial charge in [0.15, 0.2) is 6.61 Å². The summed E-state index contributed by atoms with van der Waals surface area (Å²) < 4.78 is 5.09. The van der Waals surface area contributed by atoms with Gasteiger partial charge in [0, 0.05) is 19.5 Å². The summed E-state index contributed by atoms with van der Waals surface area (Å²) >= 11 is 0. The van der Waals surface area contributed by atoms with Crippen LogP contribution in [0.5, 0.6) is 0 Å². The second kappa shape index (κ2) is 6.07. The van der Waals surface area contributed by atoms with Gasteiger partial charge in [-0.1, -0.05) is 31.6 Å². The standard InChI is InChI=1S/C14H21NO3Si/c1-6-11-10-15(2)13(16)12(11)14(17)18-8-7-9-19(3,4)5/h6,11-12H,1,8,10H2,2-5H3. The summed E-state index contributed by atoms with van der Waals surface area (Å²) in [4.78, 5) is 25.3. The van der Waals surface area contributed by atoms with Crippen LogP contribution in [0.25, 0.3) is 0 Å². The van der Waals surface area contributed by atoms with Gasteiger partial charge in [0.05, 0.1) is 0 Å². The van der Waals surface area contributed by atoms with Gasteiger partial charge in [-0.25, -0.2) is 0 Å². The van der Waals surface area contributed by atoms with Gasteiger partial charge in [0.1, 0.15) is 14.0 Å². The molecule has 0 N–H and O–H groups in total. The van der Waals surface area contributed by atoms with Gasteiger partial charge in [-0.15, -0.1) is 12.1 Å². The number of carbonyl (C=O) groups is 2. The van der Waals surface area contributed by atoms with Gasteiger partial charge in [0.25, 0.3) is 0 Å². The van der Waals surface area contributed by atoms with Crippen molar-refractivity contribution < 1.29 is 14.3 Å². The van der Waals surface area contributed by atoms with Crippen LogP contribution >= 0.6 is 0 Å². The molecule has 4 nitrogen and oxygen atoms in total. The molecule has 0 aromatic carbocycles. The highest BCUT2D eigenvalue weighted by molar-refractivity contribution is 6.83. The summed E-state index contributed by atoms with van der Waals surface area (Å²) in [5.74, 6) is 1.23. The zero-order chi connectivity index (χ0) is 14.6. The van der Waals surface area contributed by atoms with Crippen LogP contribution in [0.3, 0.4) is 0 Å². The Hall–Kier alpha value is -1.54. The van der Waals surface area contributed by atoms with Crippen LogP contribution in [0.4, 0.5) is 0 Å². The van der Waals surface area contributed by atoms with Crippen LogP contribution in [0, 0.1) is 23.3 Å². The Morgan fingerprint density at radius 3 is 2.74 bits per heavy atom. The molecular formula is C14H21NO3Si. The lowest BCUT2D eigenvalue weighted by atomic mass is 9.96. The molecule has 0 aliphatic carbocycles. The molecule has 1 saturated heterocycles. The number of amides is 1. The number of hydrogen-bond acceptors (Lipinski definition) is 3. The van der Waals surface area contributed by atoms with E-state index in [-0.39, 0.29) is 18.4 Å². The van der Waals surface area contributed by atoms with Crippen molar-refractivity contribution in [2.45, 2.75) is 19.6 Å². The summed E-state index contributed by atoms with van der Waals surface area (Å²) in [6.45, 7) is 10.6. The van der Waals surface area contributed by atoms with Crippen LogP contribution in [0.1, 0.15) is 0 Å². The molecule has 1 fully saturated rings. The van der Waals surface area contributed by atoms with Crippen molar-refractivity contribution in [3.8, 4) is 11.5 Å². The molecule has 0 radical (unpaired) electrons. The Labute approximate surface area is 115 Å². The molecular weight excluding hydrogens is 258 g/mol. The van der Waals surface area contributed by atoms with Crippen LogP contribution < -0.4 is 0 Å². The van der Waals surface area contributed by atoms with Crippen molar-refractivity contribution in [3.05, 3.63) is 12.7 Å². The molecule has 19 heavy (non-hydrogen) atoms. The number of rotatable bonds is 3. The second-order valence-corrected chi connectivity index (χ2v) is 10.5. The monoisotopic (exact) mass is 279 g/mol. The van der Waals surface area contributed by atoms with E-state index in [1.54, 1.807) is 13.1 Å². The van der Waals surface area contributed by atoms with Crippen molar-refractivity contribution in [3.63, 3.8) is 0 Å². The maximum absolute atomic E-state index is 11.9. The van der Waals surface area contributed by atoms with Crippen LogP contribution in [-0.2, 0) is 14.3 Å². The third-order valence-corrected chi connectivity index (χ3v) is 3.79. The molecule has 1 aliphatic rings. The van der Waals surface area contributed by atoms with E-state index in [0.29, 0.717) is 6.54 Å². The van der Waals surface area contributed by atoms with Crippen molar-refractivity contribution in [2.75, 3.05) is 20.2 Å². The average Bonchev–Trinajstić information content (AvgIpc) is 2.59. The third-order valence-electron chi connectivity index (χ3n) is 2.86. The Balaban J connectivity index is 2.60. The van der Waals surface area contributed by atoms with E-state index in [1.165, 1.54) is 4.90 Å². The first-order chi connectivity index (χ1) is 8.76. The molecule has 5 heteroatoms. The molecule has 0 saturated carbocycles. The number of nitrogens with zero attached hydrogens (tertiary/aromatic N) is 1. The normalized spacial score (nSPS) is 22.7. The number of likely N-dealkylation sites (tertiary alicyclic amines) is 1. The van der Waals surface area contributed by atoms with E-state index in [0.717, 1.165) is 0 Å². The van der Waals surface area contributed by atoms with E-state index < -0.39 is 20.0 Å². The number of hydrogen-bond donors (Lipinski definition) is 0. The Kier molecular flexibility index (Phi) is 4.95. The van der Waals surface area contributed by atoms with E-state index in [1.807, 2.05) is 0 Å². The van der Waals surface area contributed by atoms with E-state index in [4.69, 9.17) is 4.74 Å². The van der Waals surface area contributed by atoms with Crippen molar-refractivity contribution in [2.24, 2.45) is 11.8 Å². The summed E-state index contributed by atoms with van der Waals surface area (Å²) in [6.07, 6.45) is 1.64. The first-order valence-electron chi connectivity index (χ1n) is 6.30. The lowest BCUT2D eigenvalue weighted by molar-refractivity contribution is -0.152. The fourth-order valence-electron chi connectivity index (χ4n) is 1.92. The zero-order valence-electron chi connectivity index (χ0n) is 12.0. The van der Waals surface area contributed by atoms with E-state index >= 15 is 0 Å². The first kappa shape index (κ1) is 15.5. The van der Waals surface area contributed by atoms with E-state index in [9.17, 15) is 9.59 Å². The third kappa shape index (κ3) is 4.25. The van der Waals surface area contributed by atoms with Crippen LogP contribution in [-0.4, -0.2) is 45.0 Å². The largest absolute Gasteiger partial charge is 0.452 e. The summed E-state index contributed by atoms with van der Waals surface area (Å²) in [5.41, 5.74) is 3.11. The Bertz CT molecular complexity index is 442. The summed E-state index contributed by atoms with van der Waals surface area (Å²) in [5, 5.41) is 0. The topological polar surface area (TPSA) is 46.6 Å². The van der Waals surface area contributed by atoms with Gasteiger partial charge >= 0.3 is 5.97 Å². The summed E-state index contributed by atoms with van der Waals surface area (Å²) in [7, 11) is 0.228. The zero-order valence-corrected chi connectivity index (χ0v) is 13.0. The maximum atomic E-state index is 11.9. The van der Waals surface area contributed by atoms with Gasteiger partial charge < -0.3 is 9.64 Å². The lowest BCUT2D eigenvalue weighted by Gasteiger charge is -2.11. The minimum absolute atomic E-state index is 0.0560. The van der Waals surface area contributed by atoms with Gasteiger partial charge in [0.2, 0.25) is 5.91 Å².